The van der Waals surface area contributed by atoms with Gasteiger partial charge < -0.3 is 10.3 Å². The van der Waals surface area contributed by atoms with Crippen molar-refractivity contribution in [2.75, 3.05) is 5.73 Å². The lowest BCUT2D eigenvalue weighted by Gasteiger charge is -2.17. The van der Waals surface area contributed by atoms with Gasteiger partial charge in [-0.3, -0.25) is 0 Å². The molecule has 1 aliphatic rings. The minimum Gasteiger partial charge on any atom is -0.368 e. The SMILES string of the molecule is Nc1nccc(-c2c(-c3ccc(F)cc3)ncn2C2=CCCCC2)n1. The van der Waals surface area contributed by atoms with E-state index in [1.54, 1.807) is 18.3 Å². The average molecular weight is 335 g/mol. The number of allylic oxidation sites excluding steroid dienone is 2. The first-order valence-corrected chi connectivity index (χ1v) is 8.34. The van der Waals surface area contributed by atoms with Gasteiger partial charge in [0.25, 0.3) is 0 Å². The third-order valence-corrected chi connectivity index (χ3v) is 4.38. The molecule has 0 bridgehead atoms. The number of hydrogen-bond acceptors (Lipinski definition) is 4. The Labute approximate surface area is 145 Å². The van der Waals surface area contributed by atoms with E-state index in [9.17, 15) is 4.39 Å². The van der Waals surface area contributed by atoms with Gasteiger partial charge in [0.2, 0.25) is 5.95 Å². The van der Waals surface area contributed by atoms with Crippen molar-refractivity contribution in [3.8, 4) is 22.6 Å². The van der Waals surface area contributed by atoms with Crippen molar-refractivity contribution >= 4 is 11.6 Å². The van der Waals surface area contributed by atoms with Crippen LogP contribution in [-0.4, -0.2) is 19.5 Å². The van der Waals surface area contributed by atoms with E-state index in [1.165, 1.54) is 24.3 Å². The summed E-state index contributed by atoms with van der Waals surface area (Å²) in [6.07, 6.45) is 10.1. The highest BCUT2D eigenvalue weighted by Crippen LogP contribution is 2.34. The van der Waals surface area contributed by atoms with E-state index < -0.39 is 0 Å². The van der Waals surface area contributed by atoms with Crippen molar-refractivity contribution in [1.29, 1.82) is 0 Å². The number of aromatic nitrogens is 4. The number of hydrogen-bond donors (Lipinski definition) is 1. The fourth-order valence-corrected chi connectivity index (χ4v) is 3.18. The molecule has 0 saturated heterocycles. The van der Waals surface area contributed by atoms with Crippen LogP contribution in [0.15, 0.2) is 48.9 Å². The van der Waals surface area contributed by atoms with Crippen LogP contribution in [0.25, 0.3) is 28.3 Å². The number of nitrogens with two attached hydrogens (primary N) is 1. The molecular weight excluding hydrogens is 317 g/mol. The minimum absolute atomic E-state index is 0.216. The van der Waals surface area contributed by atoms with E-state index in [0.29, 0.717) is 5.69 Å². The normalized spacial score (nSPS) is 14.4. The number of imidazole rings is 1. The van der Waals surface area contributed by atoms with Crippen LogP contribution in [0.4, 0.5) is 10.3 Å². The van der Waals surface area contributed by atoms with E-state index >= 15 is 0 Å². The molecule has 0 saturated carbocycles. The second-order valence-corrected chi connectivity index (χ2v) is 6.06. The van der Waals surface area contributed by atoms with Gasteiger partial charge in [0.1, 0.15) is 12.1 Å². The Kier molecular flexibility index (Phi) is 4.01. The van der Waals surface area contributed by atoms with Crippen molar-refractivity contribution < 1.29 is 4.39 Å². The van der Waals surface area contributed by atoms with E-state index in [1.807, 2.05) is 12.4 Å². The summed E-state index contributed by atoms with van der Waals surface area (Å²) in [6, 6.07) is 8.15. The van der Waals surface area contributed by atoms with Gasteiger partial charge in [-0.05, 0) is 56.0 Å². The summed E-state index contributed by atoms with van der Waals surface area (Å²) in [5.41, 5.74) is 10.1. The summed E-state index contributed by atoms with van der Waals surface area (Å²) in [6.45, 7) is 0. The Morgan fingerprint density at radius 1 is 1.04 bits per heavy atom. The van der Waals surface area contributed by atoms with Crippen LogP contribution in [0.1, 0.15) is 25.7 Å². The smallest absolute Gasteiger partial charge is 0.220 e. The Morgan fingerprint density at radius 3 is 2.60 bits per heavy atom. The summed E-state index contributed by atoms with van der Waals surface area (Å²) >= 11 is 0. The third-order valence-electron chi connectivity index (χ3n) is 4.38. The molecular formula is C19H18FN5. The minimum atomic E-state index is -0.272. The molecule has 6 heteroatoms. The quantitative estimate of drug-likeness (QED) is 0.781. The first kappa shape index (κ1) is 15.5. The molecule has 4 rings (SSSR count). The van der Waals surface area contributed by atoms with Gasteiger partial charge in [-0.25, -0.2) is 19.3 Å². The maximum Gasteiger partial charge on any atom is 0.220 e. The largest absolute Gasteiger partial charge is 0.368 e. The molecule has 2 aromatic heterocycles. The first-order valence-electron chi connectivity index (χ1n) is 8.34. The predicted octanol–water partition coefficient (Wildman–Crippen LogP) is 4.14. The predicted molar refractivity (Wildman–Crippen MR) is 95.8 cm³/mol. The summed E-state index contributed by atoms with van der Waals surface area (Å²) in [7, 11) is 0. The van der Waals surface area contributed by atoms with Gasteiger partial charge in [-0.1, -0.05) is 6.08 Å². The zero-order chi connectivity index (χ0) is 17.2. The summed E-state index contributed by atoms with van der Waals surface area (Å²) in [4.78, 5) is 13.0. The zero-order valence-corrected chi connectivity index (χ0v) is 13.7. The molecule has 0 radical (unpaired) electrons. The van der Waals surface area contributed by atoms with Crippen LogP contribution in [0.3, 0.4) is 0 Å². The van der Waals surface area contributed by atoms with E-state index in [0.717, 1.165) is 36.2 Å². The van der Waals surface area contributed by atoms with E-state index in [4.69, 9.17) is 5.73 Å². The van der Waals surface area contributed by atoms with Gasteiger partial charge in [-0.15, -0.1) is 0 Å². The van der Waals surface area contributed by atoms with E-state index in [-0.39, 0.29) is 11.8 Å². The van der Waals surface area contributed by atoms with Gasteiger partial charge in [0.15, 0.2) is 0 Å². The van der Waals surface area contributed by atoms with Crippen molar-refractivity contribution in [3.05, 3.63) is 54.7 Å². The molecule has 2 heterocycles. The molecule has 0 amide bonds. The summed E-state index contributed by atoms with van der Waals surface area (Å²) < 4.78 is 15.4. The van der Waals surface area contributed by atoms with Crippen LogP contribution in [0.5, 0.6) is 0 Å². The van der Waals surface area contributed by atoms with Crippen LogP contribution in [0.2, 0.25) is 0 Å². The van der Waals surface area contributed by atoms with Crippen molar-refractivity contribution in [2.24, 2.45) is 0 Å². The highest BCUT2D eigenvalue weighted by atomic mass is 19.1. The van der Waals surface area contributed by atoms with Crippen molar-refractivity contribution in [1.82, 2.24) is 19.5 Å². The van der Waals surface area contributed by atoms with Crippen molar-refractivity contribution in [3.63, 3.8) is 0 Å². The molecule has 126 valence electrons. The molecule has 1 aliphatic carbocycles. The fraction of sp³-hybridized carbons (Fsp3) is 0.211. The molecule has 3 aromatic rings. The molecule has 0 atom stereocenters. The molecule has 0 unspecified atom stereocenters. The topological polar surface area (TPSA) is 69.6 Å². The standard InChI is InChI=1S/C19H18FN5/c20-14-8-6-13(7-9-14)17-18(16-10-11-22-19(21)24-16)25(12-23-17)15-4-2-1-3-5-15/h4,6-12H,1-3,5H2,(H2,21,22,24). The number of anilines is 1. The second-order valence-electron chi connectivity index (χ2n) is 6.06. The summed E-state index contributed by atoms with van der Waals surface area (Å²) in [5, 5.41) is 0. The van der Waals surface area contributed by atoms with Crippen LogP contribution in [0, 0.1) is 5.82 Å². The van der Waals surface area contributed by atoms with Crippen LogP contribution >= 0.6 is 0 Å². The molecule has 25 heavy (non-hydrogen) atoms. The van der Waals surface area contributed by atoms with Gasteiger partial charge in [0, 0.05) is 17.5 Å². The first-order chi connectivity index (χ1) is 12.2. The summed E-state index contributed by atoms with van der Waals surface area (Å²) in [5.74, 6) is -0.0565. The molecule has 0 spiro atoms. The third kappa shape index (κ3) is 3.03. The Hall–Kier alpha value is -3.02. The van der Waals surface area contributed by atoms with Crippen LogP contribution in [-0.2, 0) is 0 Å². The monoisotopic (exact) mass is 335 g/mol. The fourth-order valence-electron chi connectivity index (χ4n) is 3.18. The Bertz CT molecular complexity index is 927. The van der Waals surface area contributed by atoms with Crippen molar-refractivity contribution in [2.45, 2.75) is 25.7 Å². The van der Waals surface area contributed by atoms with E-state index in [2.05, 4.69) is 25.6 Å². The lowest BCUT2D eigenvalue weighted by Crippen LogP contribution is -2.04. The average Bonchev–Trinajstić information content (AvgIpc) is 3.08. The van der Waals surface area contributed by atoms with Gasteiger partial charge in [-0.2, -0.15) is 0 Å². The molecule has 0 aliphatic heterocycles. The molecule has 0 fully saturated rings. The van der Waals surface area contributed by atoms with Gasteiger partial charge in [0.05, 0.1) is 17.1 Å². The molecule has 2 N–H and O–H groups in total. The number of rotatable bonds is 3. The number of nitrogens with zero attached hydrogens (tertiary/aromatic N) is 4. The lowest BCUT2D eigenvalue weighted by molar-refractivity contribution is 0.628. The Morgan fingerprint density at radius 2 is 1.88 bits per heavy atom. The molecule has 1 aromatic carbocycles. The zero-order valence-electron chi connectivity index (χ0n) is 13.7. The number of benzene rings is 1. The maximum absolute atomic E-state index is 13.3. The Balaban J connectivity index is 1.91. The second kappa shape index (κ2) is 6.47. The van der Waals surface area contributed by atoms with Gasteiger partial charge >= 0.3 is 0 Å². The lowest BCUT2D eigenvalue weighted by atomic mass is 10.0. The number of halogens is 1. The highest BCUT2D eigenvalue weighted by Gasteiger charge is 2.19. The molecule has 5 nitrogen and oxygen atoms in total. The maximum atomic E-state index is 13.3. The highest BCUT2D eigenvalue weighted by molar-refractivity contribution is 5.79. The number of nitrogen functional groups attached to an aromatic ring is 1. The van der Waals surface area contributed by atoms with Crippen LogP contribution < -0.4 is 5.73 Å².